The van der Waals surface area contributed by atoms with Crippen LogP contribution in [0.1, 0.15) is 44.2 Å². The molecule has 1 heteroatoms. The lowest BCUT2D eigenvalue weighted by Crippen LogP contribution is -2.11. The fraction of sp³-hybridized carbons (Fsp3) is 0.625. The second-order valence-corrected chi connectivity index (χ2v) is 5.99. The second kappa shape index (κ2) is 7.92. The molecule has 0 aliphatic carbocycles. The van der Waals surface area contributed by atoms with Crippen LogP contribution >= 0.6 is 15.9 Å². The van der Waals surface area contributed by atoms with E-state index < -0.39 is 0 Å². The molecule has 0 spiro atoms. The van der Waals surface area contributed by atoms with Gasteiger partial charge in [0.05, 0.1) is 0 Å². The lowest BCUT2D eigenvalue weighted by Gasteiger charge is -2.19. The SMILES string of the molecule is CCCC(C)CC(CBr)Cc1ccc(C)cc1. The molecule has 0 fully saturated rings. The van der Waals surface area contributed by atoms with E-state index in [2.05, 4.69) is 61.0 Å². The van der Waals surface area contributed by atoms with Gasteiger partial charge in [-0.1, -0.05) is 72.4 Å². The Kier molecular flexibility index (Phi) is 6.87. The van der Waals surface area contributed by atoms with Crippen molar-refractivity contribution in [3.8, 4) is 0 Å². The van der Waals surface area contributed by atoms with Crippen molar-refractivity contribution in [2.24, 2.45) is 11.8 Å². The number of alkyl halides is 1. The molecule has 0 nitrogen and oxygen atoms in total. The molecule has 96 valence electrons. The summed E-state index contributed by atoms with van der Waals surface area (Å²) in [7, 11) is 0. The predicted molar refractivity (Wildman–Crippen MR) is 80.9 cm³/mol. The maximum Gasteiger partial charge on any atom is 0.00629 e. The maximum absolute atomic E-state index is 3.67. The van der Waals surface area contributed by atoms with Crippen LogP contribution < -0.4 is 0 Å². The third-order valence-corrected chi connectivity index (χ3v) is 4.30. The number of hydrogen-bond donors (Lipinski definition) is 0. The van der Waals surface area contributed by atoms with E-state index in [1.54, 1.807) is 0 Å². The molecule has 2 unspecified atom stereocenters. The summed E-state index contributed by atoms with van der Waals surface area (Å²) in [6.45, 7) is 6.81. The van der Waals surface area contributed by atoms with Gasteiger partial charge in [0.1, 0.15) is 0 Å². The minimum atomic E-state index is 0.777. The van der Waals surface area contributed by atoms with Gasteiger partial charge in [-0.3, -0.25) is 0 Å². The quantitative estimate of drug-likeness (QED) is 0.593. The van der Waals surface area contributed by atoms with Crippen molar-refractivity contribution >= 4 is 15.9 Å². The Morgan fingerprint density at radius 1 is 1.18 bits per heavy atom. The van der Waals surface area contributed by atoms with E-state index in [4.69, 9.17) is 0 Å². The Bertz CT molecular complexity index is 302. The van der Waals surface area contributed by atoms with Gasteiger partial charge in [0.15, 0.2) is 0 Å². The van der Waals surface area contributed by atoms with Gasteiger partial charge >= 0.3 is 0 Å². The van der Waals surface area contributed by atoms with E-state index in [9.17, 15) is 0 Å². The summed E-state index contributed by atoms with van der Waals surface area (Å²) in [5.41, 5.74) is 2.83. The summed E-state index contributed by atoms with van der Waals surface area (Å²) >= 11 is 3.67. The van der Waals surface area contributed by atoms with Crippen molar-refractivity contribution in [3.63, 3.8) is 0 Å². The number of rotatable bonds is 7. The molecule has 0 amide bonds. The first-order valence-corrected chi connectivity index (χ1v) is 7.89. The molecule has 17 heavy (non-hydrogen) atoms. The van der Waals surface area contributed by atoms with Crippen molar-refractivity contribution in [2.45, 2.75) is 46.5 Å². The Morgan fingerprint density at radius 3 is 2.35 bits per heavy atom. The molecular weight excluding hydrogens is 272 g/mol. The van der Waals surface area contributed by atoms with Gasteiger partial charge in [0.2, 0.25) is 0 Å². The van der Waals surface area contributed by atoms with E-state index in [0.717, 1.165) is 17.2 Å². The normalized spacial score (nSPS) is 14.6. The number of benzene rings is 1. The van der Waals surface area contributed by atoms with E-state index in [1.807, 2.05) is 0 Å². The van der Waals surface area contributed by atoms with Crippen LogP contribution in [0.2, 0.25) is 0 Å². The molecule has 0 aliphatic rings. The van der Waals surface area contributed by atoms with Crippen LogP contribution in [0.4, 0.5) is 0 Å². The monoisotopic (exact) mass is 296 g/mol. The van der Waals surface area contributed by atoms with Gasteiger partial charge in [0, 0.05) is 5.33 Å². The Hall–Kier alpha value is -0.300. The molecule has 0 bridgehead atoms. The maximum atomic E-state index is 3.67. The number of aryl methyl sites for hydroxylation is 1. The smallest absolute Gasteiger partial charge is 0.00629 e. The molecule has 0 saturated heterocycles. The molecule has 1 rings (SSSR count). The van der Waals surface area contributed by atoms with Gasteiger partial charge in [-0.25, -0.2) is 0 Å². The molecule has 2 atom stereocenters. The summed E-state index contributed by atoms with van der Waals surface area (Å²) in [5.74, 6) is 1.63. The summed E-state index contributed by atoms with van der Waals surface area (Å²) in [6, 6.07) is 8.98. The highest BCUT2D eigenvalue weighted by Gasteiger charge is 2.12. The first-order chi connectivity index (χ1) is 8.15. The summed E-state index contributed by atoms with van der Waals surface area (Å²) in [6.07, 6.45) is 5.21. The van der Waals surface area contributed by atoms with E-state index >= 15 is 0 Å². The van der Waals surface area contributed by atoms with Crippen LogP contribution in [0.5, 0.6) is 0 Å². The predicted octanol–water partition coefficient (Wildman–Crippen LogP) is 5.37. The Labute approximate surface area is 115 Å². The number of halogens is 1. The van der Waals surface area contributed by atoms with Crippen molar-refractivity contribution in [3.05, 3.63) is 35.4 Å². The van der Waals surface area contributed by atoms with Crippen LogP contribution in [0.3, 0.4) is 0 Å². The Morgan fingerprint density at radius 2 is 1.82 bits per heavy atom. The molecule has 0 aromatic heterocycles. The minimum absolute atomic E-state index is 0.777. The average Bonchev–Trinajstić information content (AvgIpc) is 2.31. The summed E-state index contributed by atoms with van der Waals surface area (Å²) in [5, 5.41) is 1.12. The summed E-state index contributed by atoms with van der Waals surface area (Å²) in [4.78, 5) is 0. The lowest BCUT2D eigenvalue weighted by atomic mass is 9.89. The van der Waals surface area contributed by atoms with Gasteiger partial charge in [-0.05, 0) is 37.2 Å². The van der Waals surface area contributed by atoms with E-state index in [1.165, 1.54) is 36.8 Å². The van der Waals surface area contributed by atoms with Crippen molar-refractivity contribution < 1.29 is 0 Å². The molecule has 0 radical (unpaired) electrons. The highest BCUT2D eigenvalue weighted by Crippen LogP contribution is 2.22. The van der Waals surface area contributed by atoms with Crippen molar-refractivity contribution in [1.29, 1.82) is 0 Å². The minimum Gasteiger partial charge on any atom is -0.0925 e. The third-order valence-electron chi connectivity index (χ3n) is 3.38. The van der Waals surface area contributed by atoms with Gasteiger partial charge in [-0.15, -0.1) is 0 Å². The molecular formula is C16H25Br. The first-order valence-electron chi connectivity index (χ1n) is 6.77. The zero-order valence-electron chi connectivity index (χ0n) is 11.4. The zero-order valence-corrected chi connectivity index (χ0v) is 13.0. The molecule has 0 saturated carbocycles. The van der Waals surface area contributed by atoms with Crippen molar-refractivity contribution in [2.75, 3.05) is 5.33 Å². The molecule has 0 heterocycles. The van der Waals surface area contributed by atoms with E-state index in [0.29, 0.717) is 0 Å². The second-order valence-electron chi connectivity index (χ2n) is 5.34. The fourth-order valence-electron chi connectivity index (χ4n) is 2.44. The number of hydrogen-bond acceptors (Lipinski definition) is 0. The summed E-state index contributed by atoms with van der Waals surface area (Å²) < 4.78 is 0. The highest BCUT2D eigenvalue weighted by molar-refractivity contribution is 9.09. The van der Waals surface area contributed by atoms with Gasteiger partial charge in [-0.2, -0.15) is 0 Å². The van der Waals surface area contributed by atoms with Crippen LogP contribution in [0.15, 0.2) is 24.3 Å². The molecule has 0 aliphatic heterocycles. The van der Waals surface area contributed by atoms with Gasteiger partial charge < -0.3 is 0 Å². The highest BCUT2D eigenvalue weighted by atomic mass is 79.9. The Balaban J connectivity index is 2.48. The molecule has 0 N–H and O–H groups in total. The van der Waals surface area contributed by atoms with E-state index in [-0.39, 0.29) is 0 Å². The van der Waals surface area contributed by atoms with Crippen LogP contribution in [-0.2, 0) is 6.42 Å². The largest absolute Gasteiger partial charge is 0.0925 e. The lowest BCUT2D eigenvalue weighted by molar-refractivity contribution is 0.396. The molecule has 1 aromatic rings. The van der Waals surface area contributed by atoms with Crippen LogP contribution in [0, 0.1) is 18.8 Å². The van der Waals surface area contributed by atoms with Crippen molar-refractivity contribution in [1.82, 2.24) is 0 Å². The fourth-order valence-corrected chi connectivity index (χ4v) is 2.93. The first kappa shape index (κ1) is 14.8. The average molecular weight is 297 g/mol. The third kappa shape index (κ3) is 5.72. The van der Waals surface area contributed by atoms with Crippen LogP contribution in [-0.4, -0.2) is 5.33 Å². The standard InChI is InChI=1S/C16H25Br/c1-4-5-14(3)10-16(12-17)11-15-8-6-13(2)7-9-15/h6-9,14,16H,4-5,10-12H2,1-3H3. The van der Waals surface area contributed by atoms with Gasteiger partial charge in [0.25, 0.3) is 0 Å². The molecule has 1 aromatic carbocycles. The van der Waals surface area contributed by atoms with Crippen LogP contribution in [0.25, 0.3) is 0 Å². The zero-order chi connectivity index (χ0) is 12.7. The topological polar surface area (TPSA) is 0 Å².